The third-order valence-electron chi connectivity index (χ3n) is 2.20. The van der Waals surface area contributed by atoms with Crippen molar-refractivity contribution in [3.8, 4) is 0 Å². The zero-order valence-corrected chi connectivity index (χ0v) is 7.87. The first-order chi connectivity index (χ1) is 7.18. The normalized spacial score (nSPS) is 16.5. The average Bonchev–Trinajstić information content (AvgIpc) is 2.20. The summed E-state index contributed by atoms with van der Waals surface area (Å²) in [6, 6.07) is 5.40. The van der Waals surface area contributed by atoms with Crippen LogP contribution in [-0.4, -0.2) is 18.5 Å². The number of carbonyl (C=O) groups is 2. The predicted octanol–water partition coefficient (Wildman–Crippen LogP) is 1.27. The lowest BCUT2D eigenvalue weighted by molar-refractivity contribution is -0.120. The molecule has 0 atom stereocenters. The molecule has 0 aliphatic carbocycles. The standard InChI is InChI=1S/C10H9FN2O2/c11-7-3-1-2-4-8(7)13-6-5-9(14)12-10(13)15/h1-4H,5-6H2,(H,12,14,15). The van der Waals surface area contributed by atoms with Gasteiger partial charge in [-0.05, 0) is 12.1 Å². The van der Waals surface area contributed by atoms with E-state index >= 15 is 0 Å². The fourth-order valence-corrected chi connectivity index (χ4v) is 1.46. The lowest BCUT2D eigenvalue weighted by Crippen LogP contribution is -2.49. The molecule has 1 heterocycles. The number of para-hydroxylation sites is 1. The molecule has 1 saturated heterocycles. The largest absolute Gasteiger partial charge is 0.328 e. The van der Waals surface area contributed by atoms with E-state index in [1.807, 2.05) is 0 Å². The third kappa shape index (κ3) is 1.81. The van der Waals surface area contributed by atoms with Gasteiger partial charge in [0.2, 0.25) is 5.91 Å². The second-order valence-corrected chi connectivity index (χ2v) is 3.21. The van der Waals surface area contributed by atoms with E-state index in [0.717, 1.165) is 0 Å². The van der Waals surface area contributed by atoms with Crippen LogP contribution < -0.4 is 10.2 Å². The molecule has 0 unspecified atom stereocenters. The zero-order valence-electron chi connectivity index (χ0n) is 7.87. The molecule has 0 saturated carbocycles. The molecule has 1 aliphatic heterocycles. The molecule has 0 bridgehead atoms. The smallest absolute Gasteiger partial charge is 0.291 e. The Bertz CT molecular complexity index is 420. The first kappa shape index (κ1) is 9.64. The van der Waals surface area contributed by atoms with Crippen LogP contribution in [0, 0.1) is 5.82 Å². The van der Waals surface area contributed by atoms with Gasteiger partial charge in [0, 0.05) is 13.0 Å². The fraction of sp³-hybridized carbons (Fsp3) is 0.200. The van der Waals surface area contributed by atoms with Gasteiger partial charge in [-0.25, -0.2) is 9.18 Å². The van der Waals surface area contributed by atoms with Crippen LogP contribution in [0.1, 0.15) is 6.42 Å². The number of benzene rings is 1. The van der Waals surface area contributed by atoms with Gasteiger partial charge < -0.3 is 0 Å². The van der Waals surface area contributed by atoms with Gasteiger partial charge >= 0.3 is 6.03 Å². The molecular formula is C10H9FN2O2. The minimum atomic E-state index is -0.573. The molecule has 0 radical (unpaired) electrons. The number of rotatable bonds is 1. The van der Waals surface area contributed by atoms with Gasteiger partial charge in [-0.2, -0.15) is 0 Å². The summed E-state index contributed by atoms with van der Waals surface area (Å²) < 4.78 is 13.3. The highest BCUT2D eigenvalue weighted by atomic mass is 19.1. The Morgan fingerprint density at radius 3 is 2.67 bits per heavy atom. The number of carbonyl (C=O) groups excluding carboxylic acids is 2. The molecule has 2 rings (SSSR count). The summed E-state index contributed by atoms with van der Waals surface area (Å²) in [4.78, 5) is 23.5. The molecule has 0 spiro atoms. The maximum absolute atomic E-state index is 13.3. The Hall–Kier alpha value is -1.91. The molecule has 3 amide bonds. The van der Waals surface area contributed by atoms with Gasteiger partial charge in [0.15, 0.2) is 0 Å². The van der Waals surface area contributed by atoms with Crippen LogP contribution in [0.15, 0.2) is 24.3 Å². The highest BCUT2D eigenvalue weighted by Gasteiger charge is 2.25. The maximum Gasteiger partial charge on any atom is 0.328 e. The minimum Gasteiger partial charge on any atom is -0.291 e. The summed E-state index contributed by atoms with van der Waals surface area (Å²) in [6.07, 6.45) is 0.195. The number of halogens is 1. The molecule has 15 heavy (non-hydrogen) atoms. The number of nitrogens with one attached hydrogen (secondary N) is 1. The van der Waals surface area contributed by atoms with Crippen molar-refractivity contribution < 1.29 is 14.0 Å². The molecule has 1 fully saturated rings. The Balaban J connectivity index is 2.28. The second kappa shape index (κ2) is 3.68. The fourth-order valence-electron chi connectivity index (χ4n) is 1.46. The van der Waals surface area contributed by atoms with Crippen LogP contribution in [-0.2, 0) is 4.79 Å². The molecule has 4 nitrogen and oxygen atoms in total. The van der Waals surface area contributed by atoms with Crippen LogP contribution in [0.4, 0.5) is 14.9 Å². The lowest BCUT2D eigenvalue weighted by atomic mass is 10.2. The molecule has 1 N–H and O–H groups in total. The van der Waals surface area contributed by atoms with Crippen LogP contribution in [0.3, 0.4) is 0 Å². The summed E-state index contributed by atoms with van der Waals surface area (Å²) in [5.74, 6) is -0.797. The Morgan fingerprint density at radius 2 is 2.00 bits per heavy atom. The van der Waals surface area contributed by atoms with Crippen molar-refractivity contribution in [2.45, 2.75) is 6.42 Å². The summed E-state index contributed by atoms with van der Waals surface area (Å²) >= 11 is 0. The van der Waals surface area contributed by atoms with Crippen molar-refractivity contribution in [2.24, 2.45) is 0 Å². The Kier molecular flexibility index (Phi) is 2.37. The van der Waals surface area contributed by atoms with E-state index in [4.69, 9.17) is 0 Å². The summed E-state index contributed by atoms with van der Waals surface area (Å²) in [5, 5.41) is 2.14. The van der Waals surface area contributed by atoms with Crippen molar-refractivity contribution in [1.29, 1.82) is 0 Å². The summed E-state index contributed by atoms with van der Waals surface area (Å²) in [5.41, 5.74) is 0.197. The van der Waals surface area contributed by atoms with Crippen molar-refractivity contribution in [3.63, 3.8) is 0 Å². The number of hydrogen-bond acceptors (Lipinski definition) is 2. The Labute approximate surface area is 85.7 Å². The van der Waals surface area contributed by atoms with Gasteiger partial charge in [0.1, 0.15) is 5.82 Å². The van der Waals surface area contributed by atoms with E-state index in [1.165, 1.54) is 17.0 Å². The van der Waals surface area contributed by atoms with Gasteiger partial charge in [-0.1, -0.05) is 12.1 Å². The van der Waals surface area contributed by atoms with Crippen LogP contribution in [0.2, 0.25) is 0 Å². The number of urea groups is 1. The van der Waals surface area contributed by atoms with E-state index in [9.17, 15) is 14.0 Å². The molecule has 0 aromatic heterocycles. The highest BCUT2D eigenvalue weighted by molar-refractivity contribution is 6.05. The average molecular weight is 208 g/mol. The molecule has 1 aliphatic rings. The topological polar surface area (TPSA) is 49.4 Å². The molecule has 78 valence electrons. The Morgan fingerprint density at radius 1 is 1.27 bits per heavy atom. The number of hydrogen-bond donors (Lipinski definition) is 1. The quantitative estimate of drug-likeness (QED) is 0.755. The SMILES string of the molecule is O=C1CCN(c2ccccc2F)C(=O)N1. The monoisotopic (exact) mass is 208 g/mol. The molecule has 1 aromatic carbocycles. The number of amides is 3. The summed E-state index contributed by atoms with van der Waals surface area (Å²) in [7, 11) is 0. The third-order valence-corrected chi connectivity index (χ3v) is 2.20. The molecular weight excluding hydrogens is 199 g/mol. The van der Waals surface area contributed by atoms with E-state index in [2.05, 4.69) is 5.32 Å². The second-order valence-electron chi connectivity index (χ2n) is 3.21. The predicted molar refractivity (Wildman–Crippen MR) is 51.9 cm³/mol. The van der Waals surface area contributed by atoms with E-state index < -0.39 is 11.8 Å². The maximum atomic E-state index is 13.3. The van der Waals surface area contributed by atoms with Gasteiger partial charge in [0.25, 0.3) is 0 Å². The first-order valence-corrected chi connectivity index (χ1v) is 4.54. The molecule has 5 heteroatoms. The van der Waals surface area contributed by atoms with Crippen molar-refractivity contribution >= 4 is 17.6 Å². The van der Waals surface area contributed by atoms with E-state index in [1.54, 1.807) is 12.1 Å². The van der Waals surface area contributed by atoms with Gasteiger partial charge in [-0.15, -0.1) is 0 Å². The van der Waals surface area contributed by atoms with Crippen LogP contribution >= 0.6 is 0 Å². The van der Waals surface area contributed by atoms with Gasteiger partial charge in [-0.3, -0.25) is 15.0 Å². The highest BCUT2D eigenvalue weighted by Crippen LogP contribution is 2.20. The number of anilines is 1. The minimum absolute atomic E-state index is 0.195. The van der Waals surface area contributed by atoms with Crippen molar-refractivity contribution in [2.75, 3.05) is 11.4 Å². The first-order valence-electron chi connectivity index (χ1n) is 4.54. The van der Waals surface area contributed by atoms with Crippen LogP contribution in [0.25, 0.3) is 0 Å². The van der Waals surface area contributed by atoms with Crippen molar-refractivity contribution in [1.82, 2.24) is 5.32 Å². The van der Waals surface area contributed by atoms with Gasteiger partial charge in [0.05, 0.1) is 5.69 Å². The number of imide groups is 1. The summed E-state index contributed by atoms with van der Waals surface area (Å²) in [6.45, 7) is 0.214. The lowest BCUT2D eigenvalue weighted by Gasteiger charge is -2.26. The van der Waals surface area contributed by atoms with Crippen molar-refractivity contribution in [3.05, 3.63) is 30.1 Å². The van der Waals surface area contributed by atoms with Crippen LogP contribution in [0.5, 0.6) is 0 Å². The number of nitrogens with zero attached hydrogens (tertiary/aromatic N) is 1. The van der Waals surface area contributed by atoms with E-state index in [0.29, 0.717) is 0 Å². The van der Waals surface area contributed by atoms with E-state index in [-0.39, 0.29) is 24.6 Å². The molecule has 1 aromatic rings. The zero-order chi connectivity index (χ0) is 10.8.